The molecule has 1 aliphatic rings. The molecule has 0 spiro atoms. The number of nitrogens with zero attached hydrogens (tertiary/aromatic N) is 1. The molecule has 3 unspecified atom stereocenters. The van der Waals surface area contributed by atoms with Gasteiger partial charge in [0.1, 0.15) is 6.04 Å². The minimum Gasteiger partial charge on any atom is -0.480 e. The van der Waals surface area contributed by atoms with Crippen LogP contribution in [0.2, 0.25) is 0 Å². The fourth-order valence-corrected chi connectivity index (χ4v) is 3.34. The van der Waals surface area contributed by atoms with Gasteiger partial charge in [-0.3, -0.25) is 4.90 Å². The molecule has 18 heavy (non-hydrogen) atoms. The van der Waals surface area contributed by atoms with Crippen molar-refractivity contribution in [2.75, 3.05) is 18.6 Å². The van der Waals surface area contributed by atoms with E-state index in [1.807, 2.05) is 20.1 Å². The molecule has 0 aromatic heterocycles. The van der Waals surface area contributed by atoms with Crippen LogP contribution in [0.15, 0.2) is 0 Å². The Morgan fingerprint density at radius 3 is 2.78 bits per heavy atom. The lowest BCUT2D eigenvalue weighted by atomic mass is 10.3. The number of nitrogens with one attached hydrogen (secondary N) is 1. The second kappa shape index (κ2) is 7.13. The number of rotatable bonds is 5. The van der Waals surface area contributed by atoms with Crippen molar-refractivity contribution in [3.05, 3.63) is 0 Å². The Labute approximate surface area is 116 Å². The van der Waals surface area contributed by atoms with Gasteiger partial charge in [0, 0.05) is 17.5 Å². The van der Waals surface area contributed by atoms with E-state index in [1.165, 1.54) is 16.7 Å². The second-order valence-electron chi connectivity index (χ2n) is 4.19. The number of urea groups is 1. The first-order valence-corrected chi connectivity index (χ1v) is 8.28. The van der Waals surface area contributed by atoms with Crippen LogP contribution in [0.3, 0.4) is 0 Å². The van der Waals surface area contributed by atoms with E-state index in [4.69, 9.17) is 5.11 Å². The van der Waals surface area contributed by atoms with E-state index < -0.39 is 12.0 Å². The molecule has 1 rings (SSSR count). The summed E-state index contributed by atoms with van der Waals surface area (Å²) in [5.41, 5.74) is 0. The highest BCUT2D eigenvalue weighted by Crippen LogP contribution is 2.31. The Kier molecular flexibility index (Phi) is 6.14. The van der Waals surface area contributed by atoms with Crippen LogP contribution >= 0.6 is 23.5 Å². The van der Waals surface area contributed by atoms with E-state index in [1.54, 1.807) is 11.8 Å². The van der Waals surface area contributed by atoms with E-state index in [9.17, 15) is 9.59 Å². The average Bonchev–Trinajstić information content (AvgIpc) is 2.79. The van der Waals surface area contributed by atoms with Gasteiger partial charge in [-0.15, -0.1) is 11.8 Å². The van der Waals surface area contributed by atoms with E-state index in [-0.39, 0.29) is 11.4 Å². The Bertz CT molecular complexity index is 315. The number of carboxylic acid groups (broad SMARTS) is 1. The zero-order valence-electron chi connectivity index (χ0n) is 10.9. The number of aliphatic carboxylic acids is 1. The van der Waals surface area contributed by atoms with Crippen LogP contribution in [0.1, 0.15) is 20.3 Å². The van der Waals surface area contributed by atoms with E-state index in [0.717, 1.165) is 6.42 Å². The lowest BCUT2D eigenvalue weighted by molar-refractivity contribution is -0.141. The first-order chi connectivity index (χ1) is 8.51. The SMILES string of the molecule is CCC1SCC(C(=O)O)N1C(=O)NCC(C)SC. The molecule has 7 heteroatoms. The zero-order chi connectivity index (χ0) is 13.7. The van der Waals surface area contributed by atoms with Crippen molar-refractivity contribution in [2.24, 2.45) is 0 Å². The summed E-state index contributed by atoms with van der Waals surface area (Å²) in [6, 6.07) is -0.968. The van der Waals surface area contributed by atoms with Crippen LogP contribution in [0.4, 0.5) is 4.79 Å². The van der Waals surface area contributed by atoms with Crippen molar-refractivity contribution in [3.8, 4) is 0 Å². The zero-order valence-corrected chi connectivity index (χ0v) is 12.5. The summed E-state index contributed by atoms with van der Waals surface area (Å²) in [6.45, 7) is 4.55. The topological polar surface area (TPSA) is 69.6 Å². The van der Waals surface area contributed by atoms with Crippen molar-refractivity contribution in [1.29, 1.82) is 0 Å². The molecule has 2 amide bonds. The van der Waals surface area contributed by atoms with Gasteiger partial charge in [0.25, 0.3) is 0 Å². The molecular weight excluding hydrogens is 272 g/mol. The van der Waals surface area contributed by atoms with E-state index >= 15 is 0 Å². The highest BCUT2D eigenvalue weighted by atomic mass is 32.2. The van der Waals surface area contributed by atoms with Gasteiger partial charge in [-0.2, -0.15) is 11.8 Å². The highest BCUT2D eigenvalue weighted by molar-refractivity contribution is 8.00. The largest absolute Gasteiger partial charge is 0.480 e. The predicted molar refractivity (Wildman–Crippen MR) is 76.2 cm³/mol. The summed E-state index contributed by atoms with van der Waals surface area (Å²) in [7, 11) is 0. The number of carboxylic acids is 1. The molecule has 0 aromatic rings. The molecular formula is C11H20N2O3S2. The summed E-state index contributed by atoms with van der Waals surface area (Å²) in [5, 5.41) is 12.2. The molecule has 1 saturated heterocycles. The van der Waals surface area contributed by atoms with Crippen LogP contribution in [0, 0.1) is 0 Å². The Morgan fingerprint density at radius 2 is 2.28 bits per heavy atom. The smallest absolute Gasteiger partial charge is 0.327 e. The predicted octanol–water partition coefficient (Wildman–Crippen LogP) is 1.69. The van der Waals surface area contributed by atoms with Crippen molar-refractivity contribution >= 4 is 35.5 Å². The van der Waals surface area contributed by atoms with Crippen LogP contribution in [-0.2, 0) is 4.79 Å². The van der Waals surface area contributed by atoms with Gasteiger partial charge in [0.15, 0.2) is 0 Å². The van der Waals surface area contributed by atoms with Gasteiger partial charge in [-0.25, -0.2) is 9.59 Å². The second-order valence-corrected chi connectivity index (χ2v) is 6.68. The maximum atomic E-state index is 12.1. The number of hydrogen-bond donors (Lipinski definition) is 2. The number of carbonyl (C=O) groups excluding carboxylic acids is 1. The summed E-state index contributed by atoms with van der Waals surface area (Å²) in [6.07, 6.45) is 2.75. The maximum absolute atomic E-state index is 12.1. The number of carbonyl (C=O) groups is 2. The Morgan fingerprint density at radius 1 is 1.61 bits per heavy atom. The highest BCUT2D eigenvalue weighted by Gasteiger charge is 2.40. The third kappa shape index (κ3) is 3.71. The quantitative estimate of drug-likeness (QED) is 0.807. The van der Waals surface area contributed by atoms with Gasteiger partial charge in [-0.05, 0) is 12.7 Å². The summed E-state index contributed by atoms with van der Waals surface area (Å²) in [5.74, 6) is -0.453. The number of amides is 2. The molecule has 104 valence electrons. The third-order valence-corrected chi connectivity index (χ3v) is 5.33. The van der Waals surface area contributed by atoms with Crippen molar-refractivity contribution in [2.45, 2.75) is 36.9 Å². The van der Waals surface area contributed by atoms with E-state index in [2.05, 4.69) is 5.32 Å². The molecule has 1 aliphatic heterocycles. The molecule has 2 N–H and O–H groups in total. The molecule has 5 nitrogen and oxygen atoms in total. The summed E-state index contributed by atoms with van der Waals surface area (Å²) < 4.78 is 0. The van der Waals surface area contributed by atoms with Crippen LogP contribution in [-0.4, -0.2) is 57.2 Å². The maximum Gasteiger partial charge on any atom is 0.327 e. The molecule has 0 saturated carbocycles. The molecule has 0 aromatic carbocycles. The number of hydrogen-bond acceptors (Lipinski definition) is 4. The lowest BCUT2D eigenvalue weighted by Gasteiger charge is -2.27. The fourth-order valence-electron chi connectivity index (χ4n) is 1.75. The van der Waals surface area contributed by atoms with Crippen molar-refractivity contribution < 1.29 is 14.7 Å². The first kappa shape index (κ1) is 15.5. The summed E-state index contributed by atoms with van der Waals surface area (Å²) in [4.78, 5) is 24.7. The van der Waals surface area contributed by atoms with Gasteiger partial charge < -0.3 is 10.4 Å². The van der Waals surface area contributed by atoms with Gasteiger partial charge in [0.05, 0.1) is 5.37 Å². The molecule has 1 heterocycles. The third-order valence-electron chi connectivity index (χ3n) is 2.90. The summed E-state index contributed by atoms with van der Waals surface area (Å²) >= 11 is 3.20. The monoisotopic (exact) mass is 292 g/mol. The van der Waals surface area contributed by atoms with Crippen molar-refractivity contribution in [1.82, 2.24) is 10.2 Å². The molecule has 1 fully saturated rings. The van der Waals surface area contributed by atoms with Gasteiger partial charge in [-0.1, -0.05) is 13.8 Å². The minimum atomic E-state index is -0.925. The van der Waals surface area contributed by atoms with Crippen molar-refractivity contribution in [3.63, 3.8) is 0 Å². The van der Waals surface area contributed by atoms with Gasteiger partial charge >= 0.3 is 12.0 Å². The normalized spacial score (nSPS) is 24.9. The molecule has 0 aliphatic carbocycles. The van der Waals surface area contributed by atoms with E-state index in [0.29, 0.717) is 17.5 Å². The Balaban J connectivity index is 2.63. The van der Waals surface area contributed by atoms with Crippen LogP contribution in [0.25, 0.3) is 0 Å². The van der Waals surface area contributed by atoms with Crippen LogP contribution < -0.4 is 5.32 Å². The lowest BCUT2D eigenvalue weighted by Crippen LogP contribution is -2.50. The Hall–Kier alpha value is -0.560. The van der Waals surface area contributed by atoms with Crippen LogP contribution in [0.5, 0.6) is 0 Å². The first-order valence-electron chi connectivity index (χ1n) is 5.94. The van der Waals surface area contributed by atoms with Gasteiger partial charge in [0.2, 0.25) is 0 Å². The minimum absolute atomic E-state index is 0.0318. The molecule has 0 bridgehead atoms. The number of thioether (sulfide) groups is 2. The fraction of sp³-hybridized carbons (Fsp3) is 0.818. The average molecular weight is 292 g/mol. The molecule has 0 radical (unpaired) electrons. The molecule has 3 atom stereocenters. The standard InChI is InChI=1S/C11H20N2O3S2/c1-4-9-13(8(6-18-9)10(14)15)11(16)12-5-7(2)17-3/h7-9H,4-6H2,1-3H3,(H,12,16)(H,14,15).